The van der Waals surface area contributed by atoms with Crippen LogP contribution in [0.5, 0.6) is 0 Å². The van der Waals surface area contributed by atoms with Crippen LogP contribution < -0.4 is 16.6 Å². The number of anilines is 2. The fourth-order valence-corrected chi connectivity index (χ4v) is 2.74. The summed E-state index contributed by atoms with van der Waals surface area (Å²) in [5, 5.41) is 3.04. The van der Waals surface area contributed by atoms with Gasteiger partial charge in [-0.2, -0.15) is 16.7 Å². The highest BCUT2D eigenvalue weighted by molar-refractivity contribution is 8.00. The molecule has 1 saturated carbocycles. The first-order valence-electron chi connectivity index (χ1n) is 5.47. The van der Waals surface area contributed by atoms with Gasteiger partial charge in [0.25, 0.3) is 0 Å². The molecule has 0 saturated heterocycles. The number of halogens is 1. The summed E-state index contributed by atoms with van der Waals surface area (Å²) in [5.74, 6) is 5.14. The topological polar surface area (TPSA) is 75.9 Å². The first-order chi connectivity index (χ1) is 8.19. The average molecular weight is 257 g/mol. The maximum absolute atomic E-state index is 13.4. The minimum absolute atomic E-state index is 0.202. The van der Waals surface area contributed by atoms with Crippen molar-refractivity contribution in [1.82, 2.24) is 9.97 Å². The van der Waals surface area contributed by atoms with E-state index in [-0.39, 0.29) is 16.5 Å². The third-order valence-electron chi connectivity index (χ3n) is 3.15. The van der Waals surface area contributed by atoms with Crippen molar-refractivity contribution in [2.45, 2.75) is 24.0 Å². The number of nitrogen functional groups attached to an aromatic ring is 1. The van der Waals surface area contributed by atoms with Crippen LogP contribution in [-0.4, -0.2) is 27.5 Å². The van der Waals surface area contributed by atoms with E-state index in [0.29, 0.717) is 6.54 Å². The Hall–Kier alpha value is -1.08. The summed E-state index contributed by atoms with van der Waals surface area (Å²) in [7, 11) is 0. The predicted molar refractivity (Wildman–Crippen MR) is 68.4 cm³/mol. The molecule has 5 nitrogen and oxygen atoms in total. The van der Waals surface area contributed by atoms with E-state index >= 15 is 0 Å². The molecular formula is C10H16FN5S. The Kier molecular flexibility index (Phi) is 3.68. The third-order valence-corrected chi connectivity index (χ3v) is 4.57. The number of nitrogens with one attached hydrogen (secondary N) is 2. The summed E-state index contributed by atoms with van der Waals surface area (Å²) in [6.07, 6.45) is 6.76. The molecule has 1 heterocycles. The smallest absolute Gasteiger partial charge is 0.239 e. The normalized spacial score (nSPS) is 17.4. The van der Waals surface area contributed by atoms with Crippen molar-refractivity contribution in [3.05, 3.63) is 12.0 Å². The van der Waals surface area contributed by atoms with E-state index in [9.17, 15) is 4.39 Å². The lowest BCUT2D eigenvalue weighted by Crippen LogP contribution is -2.40. The predicted octanol–water partition coefficient (Wildman–Crippen LogP) is 1.60. The van der Waals surface area contributed by atoms with Gasteiger partial charge in [-0.25, -0.2) is 15.2 Å². The maximum Gasteiger partial charge on any atom is 0.239 e. The van der Waals surface area contributed by atoms with Crippen LogP contribution in [0.1, 0.15) is 19.3 Å². The summed E-state index contributed by atoms with van der Waals surface area (Å²) < 4.78 is 13.7. The third kappa shape index (κ3) is 2.61. The van der Waals surface area contributed by atoms with E-state index in [1.54, 1.807) is 0 Å². The van der Waals surface area contributed by atoms with Gasteiger partial charge < -0.3 is 5.32 Å². The van der Waals surface area contributed by atoms with Gasteiger partial charge in [-0.3, -0.25) is 5.43 Å². The number of hydrogen-bond donors (Lipinski definition) is 3. The largest absolute Gasteiger partial charge is 0.366 e. The van der Waals surface area contributed by atoms with E-state index in [1.807, 2.05) is 11.8 Å². The molecule has 0 aromatic carbocycles. The number of nitrogens with two attached hydrogens (primary N) is 1. The quantitative estimate of drug-likeness (QED) is 0.549. The molecule has 2 rings (SSSR count). The van der Waals surface area contributed by atoms with Gasteiger partial charge in [0, 0.05) is 11.3 Å². The van der Waals surface area contributed by atoms with Crippen molar-refractivity contribution < 1.29 is 4.39 Å². The van der Waals surface area contributed by atoms with Crippen molar-refractivity contribution in [3.8, 4) is 0 Å². The molecule has 0 bridgehead atoms. The molecule has 0 spiro atoms. The second kappa shape index (κ2) is 5.05. The van der Waals surface area contributed by atoms with Gasteiger partial charge in [-0.15, -0.1) is 0 Å². The Balaban J connectivity index is 2.02. The van der Waals surface area contributed by atoms with Crippen molar-refractivity contribution in [1.29, 1.82) is 0 Å². The van der Waals surface area contributed by atoms with Gasteiger partial charge in [-0.1, -0.05) is 6.42 Å². The number of rotatable bonds is 5. The zero-order valence-electron chi connectivity index (χ0n) is 9.66. The molecule has 7 heteroatoms. The molecular weight excluding hydrogens is 241 g/mol. The Morgan fingerprint density at radius 2 is 2.35 bits per heavy atom. The second-order valence-electron chi connectivity index (χ2n) is 4.13. The van der Waals surface area contributed by atoms with Crippen molar-refractivity contribution in [3.63, 3.8) is 0 Å². The highest BCUT2D eigenvalue weighted by Gasteiger charge is 2.36. The number of hydrogen-bond acceptors (Lipinski definition) is 6. The molecule has 0 atom stereocenters. The van der Waals surface area contributed by atoms with E-state index in [0.717, 1.165) is 19.0 Å². The fourth-order valence-electron chi connectivity index (χ4n) is 1.83. The molecule has 0 radical (unpaired) electrons. The van der Waals surface area contributed by atoms with Gasteiger partial charge >= 0.3 is 0 Å². The number of nitrogens with zero attached hydrogens (tertiary/aromatic N) is 2. The van der Waals surface area contributed by atoms with E-state index in [4.69, 9.17) is 5.84 Å². The lowest BCUT2D eigenvalue weighted by atomic mass is 9.84. The van der Waals surface area contributed by atoms with Gasteiger partial charge in [-0.05, 0) is 19.1 Å². The summed E-state index contributed by atoms with van der Waals surface area (Å²) in [4.78, 5) is 7.63. The van der Waals surface area contributed by atoms with Crippen LogP contribution in [-0.2, 0) is 0 Å². The summed E-state index contributed by atoms with van der Waals surface area (Å²) >= 11 is 1.83. The number of hydrazine groups is 1. The summed E-state index contributed by atoms with van der Waals surface area (Å²) in [5.41, 5.74) is 2.30. The molecule has 0 amide bonds. The Bertz CT molecular complexity index is 391. The SMILES string of the molecule is CSC1(CNc2nc(NN)ncc2F)CCC1. The molecule has 1 aliphatic carbocycles. The lowest BCUT2D eigenvalue weighted by Gasteiger charge is -2.40. The van der Waals surface area contributed by atoms with E-state index < -0.39 is 5.82 Å². The molecule has 0 aliphatic heterocycles. The van der Waals surface area contributed by atoms with Crippen LogP contribution in [0.2, 0.25) is 0 Å². The zero-order chi connectivity index (χ0) is 12.3. The fraction of sp³-hybridized carbons (Fsp3) is 0.600. The molecule has 94 valence electrons. The summed E-state index contributed by atoms with van der Waals surface area (Å²) in [6, 6.07) is 0. The van der Waals surface area contributed by atoms with Crippen LogP contribution in [0, 0.1) is 5.82 Å². The van der Waals surface area contributed by atoms with Crippen LogP contribution in [0.3, 0.4) is 0 Å². The molecule has 1 fully saturated rings. The first kappa shape index (κ1) is 12.4. The molecule has 0 unspecified atom stereocenters. The number of thioether (sulfide) groups is 1. The maximum atomic E-state index is 13.4. The van der Waals surface area contributed by atoms with E-state index in [1.165, 1.54) is 6.42 Å². The number of aromatic nitrogens is 2. The highest BCUT2D eigenvalue weighted by Crippen LogP contribution is 2.42. The second-order valence-corrected chi connectivity index (χ2v) is 5.40. The molecule has 1 aromatic heterocycles. The average Bonchev–Trinajstić information content (AvgIpc) is 2.30. The molecule has 1 aromatic rings. The van der Waals surface area contributed by atoms with Gasteiger partial charge in [0.05, 0.1) is 6.20 Å². The Morgan fingerprint density at radius 1 is 1.59 bits per heavy atom. The first-order valence-corrected chi connectivity index (χ1v) is 6.70. The minimum atomic E-state index is -0.459. The highest BCUT2D eigenvalue weighted by atomic mass is 32.2. The van der Waals surface area contributed by atoms with Gasteiger partial charge in [0.2, 0.25) is 5.95 Å². The molecule has 1 aliphatic rings. The van der Waals surface area contributed by atoms with Crippen molar-refractivity contribution in [2.24, 2.45) is 5.84 Å². The molecule has 4 N–H and O–H groups in total. The van der Waals surface area contributed by atoms with Crippen molar-refractivity contribution >= 4 is 23.5 Å². The van der Waals surface area contributed by atoms with Gasteiger partial charge in [0.1, 0.15) is 0 Å². The monoisotopic (exact) mass is 257 g/mol. The lowest BCUT2D eigenvalue weighted by molar-refractivity contribution is 0.379. The molecule has 17 heavy (non-hydrogen) atoms. The van der Waals surface area contributed by atoms with Crippen molar-refractivity contribution in [2.75, 3.05) is 23.5 Å². The summed E-state index contributed by atoms with van der Waals surface area (Å²) in [6.45, 7) is 0.714. The van der Waals surface area contributed by atoms with Crippen LogP contribution >= 0.6 is 11.8 Å². The van der Waals surface area contributed by atoms with Crippen LogP contribution in [0.25, 0.3) is 0 Å². The minimum Gasteiger partial charge on any atom is -0.366 e. The Morgan fingerprint density at radius 3 is 2.88 bits per heavy atom. The van der Waals surface area contributed by atoms with Crippen LogP contribution in [0.4, 0.5) is 16.2 Å². The standard InChI is InChI=1S/C10H16FN5S/c1-17-10(3-2-4-10)6-14-8-7(11)5-13-9(15-8)16-12/h5H,2-4,6,12H2,1H3,(H2,13,14,15,16). The van der Waals surface area contributed by atoms with E-state index in [2.05, 4.69) is 27.0 Å². The van der Waals surface area contributed by atoms with Gasteiger partial charge in [0.15, 0.2) is 11.6 Å². The zero-order valence-corrected chi connectivity index (χ0v) is 10.5. The Labute approximate surface area is 104 Å². The van der Waals surface area contributed by atoms with Crippen LogP contribution in [0.15, 0.2) is 6.20 Å².